The molecule has 2 aliphatic carbocycles. The minimum Gasteiger partial charge on any atom is -0.490 e. The maximum Gasteiger partial charge on any atom is 0.286 e. The summed E-state index contributed by atoms with van der Waals surface area (Å²) in [7, 11) is 0.900. The lowest BCUT2D eigenvalue weighted by Gasteiger charge is -2.46. The van der Waals surface area contributed by atoms with E-state index in [0.717, 1.165) is 37.8 Å². The van der Waals surface area contributed by atoms with Crippen molar-refractivity contribution in [1.29, 1.82) is 0 Å². The molecule has 14 nitrogen and oxygen atoms in total. The van der Waals surface area contributed by atoms with Crippen molar-refractivity contribution in [1.82, 2.24) is 24.5 Å². The molecule has 4 heterocycles. The van der Waals surface area contributed by atoms with Gasteiger partial charge in [0.05, 0.1) is 37.5 Å². The Balaban J connectivity index is 1.23. The van der Waals surface area contributed by atoms with E-state index in [2.05, 4.69) is 41.2 Å². The zero-order valence-electron chi connectivity index (χ0n) is 33.0. The van der Waals surface area contributed by atoms with Crippen molar-refractivity contribution in [3.8, 4) is 17.5 Å². The third-order valence-corrected chi connectivity index (χ3v) is 14.1. The van der Waals surface area contributed by atoms with Gasteiger partial charge in [-0.05, 0) is 91.5 Å². The highest BCUT2D eigenvalue weighted by Gasteiger charge is 2.44. The number of hydrogen-bond acceptors (Lipinski definition) is 11. The van der Waals surface area contributed by atoms with Crippen molar-refractivity contribution in [3.05, 3.63) is 101 Å². The fraction of sp³-hybridized carbons (Fsp3) is 0.452. The summed E-state index contributed by atoms with van der Waals surface area (Å²) in [5.74, 6) is -0.900. The smallest absolute Gasteiger partial charge is 0.286 e. The van der Waals surface area contributed by atoms with Crippen LogP contribution < -0.4 is 23.8 Å². The van der Waals surface area contributed by atoms with Crippen molar-refractivity contribution < 1.29 is 32.7 Å². The van der Waals surface area contributed by atoms with Crippen LogP contribution in [0, 0.1) is 17.8 Å². The van der Waals surface area contributed by atoms with E-state index < -0.39 is 33.8 Å². The van der Waals surface area contributed by atoms with Crippen LogP contribution in [-0.2, 0) is 33.5 Å². The zero-order valence-corrected chi connectivity index (χ0v) is 34.6. The molecule has 8 rings (SSSR count). The molecule has 2 bridgehead atoms. The molecule has 16 heteroatoms. The molecule has 1 saturated carbocycles. The minimum atomic E-state index is -3.83. The highest BCUT2D eigenvalue weighted by atomic mass is 35.5. The predicted octanol–water partition coefficient (Wildman–Crippen LogP) is 5.99. The maximum atomic E-state index is 15.1. The predicted molar refractivity (Wildman–Crippen MR) is 219 cm³/mol. The second-order valence-corrected chi connectivity index (χ2v) is 18.3. The molecule has 4 aliphatic rings. The second kappa shape index (κ2) is 16.3. The van der Waals surface area contributed by atoms with Gasteiger partial charge in [0.1, 0.15) is 27.3 Å². The van der Waals surface area contributed by atoms with Gasteiger partial charge in [0.2, 0.25) is 11.8 Å². The molecule has 7 atom stereocenters. The number of anilines is 1. The van der Waals surface area contributed by atoms with Crippen LogP contribution in [0.15, 0.2) is 77.7 Å². The van der Waals surface area contributed by atoms with Crippen LogP contribution in [0.4, 0.5) is 5.69 Å². The molecule has 2 aromatic carbocycles. The molecule has 1 unspecified atom stereocenters. The normalized spacial score (nSPS) is 28.7. The van der Waals surface area contributed by atoms with E-state index >= 15 is 4.21 Å². The van der Waals surface area contributed by atoms with Gasteiger partial charge in [-0.1, -0.05) is 30.7 Å². The Kier molecular flexibility index (Phi) is 11.2. The summed E-state index contributed by atoms with van der Waals surface area (Å²) in [6.45, 7) is 3.64. The number of methoxy groups -OCH3 is 2. The number of amides is 2. The molecular formula is C42H48ClN7O7S. The number of halogens is 1. The number of nitrogens with one attached hydrogen (secondary N) is 1. The van der Waals surface area contributed by atoms with Crippen LogP contribution in [0.5, 0.6) is 17.5 Å². The van der Waals surface area contributed by atoms with Crippen molar-refractivity contribution in [2.75, 3.05) is 44.6 Å². The maximum absolute atomic E-state index is 15.1. The Morgan fingerprint density at radius 2 is 1.95 bits per heavy atom. The number of rotatable bonds is 6. The van der Waals surface area contributed by atoms with Gasteiger partial charge in [-0.2, -0.15) is 0 Å². The van der Waals surface area contributed by atoms with Crippen molar-refractivity contribution in [2.45, 2.75) is 56.7 Å². The van der Waals surface area contributed by atoms with Gasteiger partial charge in [-0.3, -0.25) is 24.0 Å². The van der Waals surface area contributed by atoms with Crippen LogP contribution in [-0.4, -0.2) is 87.6 Å². The van der Waals surface area contributed by atoms with Gasteiger partial charge in [0.15, 0.2) is 0 Å². The molecule has 58 heavy (non-hydrogen) atoms. The molecule has 1 fully saturated rings. The van der Waals surface area contributed by atoms with Crippen LogP contribution in [0.3, 0.4) is 0 Å². The van der Waals surface area contributed by atoms with E-state index in [1.54, 1.807) is 38.6 Å². The molecule has 0 radical (unpaired) electrons. The molecule has 306 valence electrons. The second-order valence-electron chi connectivity index (χ2n) is 15.8. The molecule has 2 amide bonds. The van der Waals surface area contributed by atoms with E-state index in [0.29, 0.717) is 30.5 Å². The molecule has 4 aromatic rings. The lowest BCUT2D eigenvalue weighted by atomic mass is 9.68. The van der Waals surface area contributed by atoms with Gasteiger partial charge >= 0.3 is 0 Å². The average Bonchev–Trinajstić information content (AvgIpc) is 3.52. The lowest BCUT2D eigenvalue weighted by Crippen LogP contribution is -2.49. The topological polar surface area (TPSA) is 159 Å². The first-order valence-corrected chi connectivity index (χ1v) is 21.7. The molecule has 0 saturated heterocycles. The van der Waals surface area contributed by atoms with E-state index in [1.807, 2.05) is 25.1 Å². The van der Waals surface area contributed by atoms with Gasteiger partial charge in [0, 0.05) is 67.8 Å². The number of carbonyl (C=O) groups is 2. The number of fused-ring (bicyclic) bond motifs is 4. The number of hydrogen-bond donors (Lipinski definition) is 1. The molecular weight excluding hydrogens is 782 g/mol. The molecule has 2 aliphatic heterocycles. The SMILES string of the molecule is COc1nn(C)cc1C(=O)NS1(=O)=NC(=O)c2ccc3c(c2)N(C[C@@H]2CC[C@H]2[C@@H](OC)/C=C\[C@H](Oc2cnccn2)[C@H](C)C1)C[C@@]1(CCCc2cc(Cl)ccc21)CO3. The van der Waals surface area contributed by atoms with E-state index in [9.17, 15) is 9.59 Å². The summed E-state index contributed by atoms with van der Waals surface area (Å²) >= 11 is 6.49. The fourth-order valence-electron chi connectivity index (χ4n) is 8.94. The monoisotopic (exact) mass is 829 g/mol. The highest BCUT2D eigenvalue weighted by Crippen LogP contribution is 2.47. The Labute approximate surface area is 343 Å². The Morgan fingerprint density at radius 1 is 1.10 bits per heavy atom. The molecule has 2 aromatic heterocycles. The van der Waals surface area contributed by atoms with Crippen molar-refractivity contribution >= 4 is 39.0 Å². The minimum absolute atomic E-state index is 0.0367. The van der Waals surface area contributed by atoms with E-state index in [-0.39, 0.29) is 52.0 Å². The van der Waals surface area contributed by atoms with Crippen molar-refractivity contribution in [2.24, 2.45) is 29.2 Å². The fourth-order valence-corrected chi connectivity index (χ4v) is 11.0. The number of benzene rings is 2. The van der Waals surface area contributed by atoms with E-state index in [1.165, 1.54) is 41.5 Å². The summed E-state index contributed by atoms with van der Waals surface area (Å²) in [4.78, 5) is 39.0. The molecule has 1 N–H and O–H groups in total. The summed E-state index contributed by atoms with van der Waals surface area (Å²) in [5.41, 5.74) is 3.17. The number of aryl methyl sites for hydroxylation is 2. The van der Waals surface area contributed by atoms with Crippen LogP contribution in [0.2, 0.25) is 5.02 Å². The number of aromatic nitrogens is 4. The lowest BCUT2D eigenvalue weighted by molar-refractivity contribution is 0.0126. The van der Waals surface area contributed by atoms with Crippen LogP contribution in [0.25, 0.3) is 0 Å². The summed E-state index contributed by atoms with van der Waals surface area (Å²) in [6, 6.07) is 11.4. The van der Waals surface area contributed by atoms with Gasteiger partial charge < -0.3 is 23.8 Å². The third-order valence-electron chi connectivity index (χ3n) is 12.0. The Bertz CT molecular complexity index is 2350. The van der Waals surface area contributed by atoms with Gasteiger partial charge in [-0.25, -0.2) is 9.19 Å². The summed E-state index contributed by atoms with van der Waals surface area (Å²) < 4.78 is 47.9. The Hall–Kier alpha value is -4.99. The van der Waals surface area contributed by atoms with Gasteiger partial charge in [-0.15, -0.1) is 9.46 Å². The van der Waals surface area contributed by atoms with E-state index in [4.69, 9.17) is 30.5 Å². The first kappa shape index (κ1) is 39.8. The third kappa shape index (κ3) is 8.03. The number of ether oxygens (including phenoxy) is 4. The summed E-state index contributed by atoms with van der Waals surface area (Å²) in [5, 5.41) is 4.89. The van der Waals surface area contributed by atoms with Gasteiger partial charge in [0.25, 0.3) is 11.8 Å². The first-order chi connectivity index (χ1) is 28.0. The quantitative estimate of drug-likeness (QED) is 0.228. The number of carbonyl (C=O) groups excluding carboxylic acids is 2. The van der Waals surface area contributed by atoms with Crippen molar-refractivity contribution in [3.63, 3.8) is 0 Å². The standard InChI is InChI=1S/C42H48ClN7O7S/c1-26-23-58(53,48-40(52)32-22-49(2)46-41(32)55-4)47-39(51)28-8-12-37-34(19-28)50(24-42(25-56-37)15-5-6-27-18-30(43)9-11-33(27)42)21-29-7-10-31(29)36(54-3)14-13-35(26)57-38-20-44-16-17-45-38/h8-9,11-14,16-20,22,26,29,31,35-36H,5-7,10,15,21,23-25H2,1-4H3,(H,47,48,51,52,53)/b14-13-/t26-,29+,31-,35+,36+,42+,58?/m1/s1. The molecule has 1 spiro atoms. The summed E-state index contributed by atoms with van der Waals surface area (Å²) in [6.07, 6.45) is 13.8. The largest absolute Gasteiger partial charge is 0.490 e. The van der Waals surface area contributed by atoms with Crippen LogP contribution in [0.1, 0.15) is 64.4 Å². The first-order valence-electron chi connectivity index (χ1n) is 19.6. The number of nitrogens with zero attached hydrogens (tertiary/aromatic N) is 6. The Morgan fingerprint density at radius 3 is 2.71 bits per heavy atom. The highest BCUT2D eigenvalue weighted by molar-refractivity contribution is 7.92. The zero-order chi connectivity index (χ0) is 40.6. The average molecular weight is 830 g/mol. The van der Waals surface area contributed by atoms with Crippen LogP contribution >= 0.6 is 11.6 Å².